The molecule has 1 fully saturated rings. The predicted molar refractivity (Wildman–Crippen MR) is 95.0 cm³/mol. The first kappa shape index (κ1) is 17.1. The van der Waals surface area contributed by atoms with Crippen molar-refractivity contribution in [3.8, 4) is 5.69 Å². The molecule has 1 unspecified atom stereocenters. The summed E-state index contributed by atoms with van der Waals surface area (Å²) in [5.41, 5.74) is 3.53. The summed E-state index contributed by atoms with van der Waals surface area (Å²) in [5.74, 6) is 0.710. The van der Waals surface area contributed by atoms with E-state index < -0.39 is 0 Å². The molecule has 130 valence electrons. The monoisotopic (exact) mass is 328 g/mol. The summed E-state index contributed by atoms with van der Waals surface area (Å²) in [7, 11) is 0. The van der Waals surface area contributed by atoms with Crippen molar-refractivity contribution in [1.29, 1.82) is 0 Å². The number of nitrogens with one attached hydrogen (secondary N) is 1. The third kappa shape index (κ3) is 4.22. The molecular formula is C19H28N4O. The minimum atomic E-state index is 0.262. The fourth-order valence-electron chi connectivity index (χ4n) is 3.85. The van der Waals surface area contributed by atoms with Crippen LogP contribution in [-0.4, -0.2) is 32.5 Å². The lowest BCUT2D eigenvalue weighted by molar-refractivity contribution is 0.205. The molecule has 1 aromatic carbocycles. The van der Waals surface area contributed by atoms with Gasteiger partial charge in [0.2, 0.25) is 0 Å². The SMILES string of the molecule is Cc1cc(CNC(CCO)C2CCCCC2)ccc1-n1cncn1. The molecule has 1 saturated carbocycles. The van der Waals surface area contributed by atoms with Gasteiger partial charge in [0.05, 0.1) is 5.69 Å². The lowest BCUT2D eigenvalue weighted by Gasteiger charge is -2.31. The van der Waals surface area contributed by atoms with Crippen molar-refractivity contribution < 1.29 is 5.11 Å². The van der Waals surface area contributed by atoms with Gasteiger partial charge in [-0.3, -0.25) is 0 Å². The number of nitrogens with zero attached hydrogens (tertiary/aromatic N) is 3. The van der Waals surface area contributed by atoms with Crippen molar-refractivity contribution in [3.05, 3.63) is 42.0 Å². The van der Waals surface area contributed by atoms with Crippen LogP contribution in [0.15, 0.2) is 30.9 Å². The molecule has 2 aromatic rings. The number of hydrogen-bond acceptors (Lipinski definition) is 4. The van der Waals surface area contributed by atoms with E-state index in [4.69, 9.17) is 0 Å². The molecule has 1 aromatic heterocycles. The van der Waals surface area contributed by atoms with E-state index in [0.29, 0.717) is 12.0 Å². The maximum atomic E-state index is 9.40. The number of aryl methyl sites for hydroxylation is 1. The third-order valence-corrected chi connectivity index (χ3v) is 5.15. The maximum Gasteiger partial charge on any atom is 0.138 e. The Labute approximate surface area is 144 Å². The number of aliphatic hydroxyl groups excluding tert-OH is 1. The number of rotatable bonds is 7. The van der Waals surface area contributed by atoms with E-state index in [1.165, 1.54) is 43.2 Å². The Kier molecular flexibility index (Phi) is 5.99. The van der Waals surface area contributed by atoms with Crippen molar-refractivity contribution in [2.24, 2.45) is 5.92 Å². The molecule has 1 atom stereocenters. The molecule has 0 amide bonds. The summed E-state index contributed by atoms with van der Waals surface area (Å²) >= 11 is 0. The van der Waals surface area contributed by atoms with Crippen molar-refractivity contribution in [2.45, 2.75) is 58.0 Å². The molecule has 1 aliphatic carbocycles. The van der Waals surface area contributed by atoms with Crippen LogP contribution in [0, 0.1) is 12.8 Å². The molecule has 24 heavy (non-hydrogen) atoms. The highest BCUT2D eigenvalue weighted by atomic mass is 16.3. The molecule has 0 radical (unpaired) electrons. The van der Waals surface area contributed by atoms with Crippen LogP contribution in [0.25, 0.3) is 5.69 Å². The van der Waals surface area contributed by atoms with Crippen LogP contribution >= 0.6 is 0 Å². The fraction of sp³-hybridized carbons (Fsp3) is 0.579. The van der Waals surface area contributed by atoms with Crippen LogP contribution in [-0.2, 0) is 6.54 Å². The lowest BCUT2D eigenvalue weighted by Crippen LogP contribution is -2.37. The van der Waals surface area contributed by atoms with Gasteiger partial charge in [0.1, 0.15) is 12.7 Å². The number of benzene rings is 1. The van der Waals surface area contributed by atoms with Crippen LogP contribution in [0.1, 0.15) is 49.7 Å². The highest BCUT2D eigenvalue weighted by Crippen LogP contribution is 2.28. The maximum absolute atomic E-state index is 9.40. The zero-order valence-electron chi connectivity index (χ0n) is 14.5. The van der Waals surface area contributed by atoms with E-state index in [1.54, 1.807) is 17.3 Å². The Morgan fingerprint density at radius 1 is 1.29 bits per heavy atom. The van der Waals surface area contributed by atoms with Gasteiger partial charge in [-0.1, -0.05) is 31.4 Å². The summed E-state index contributed by atoms with van der Waals surface area (Å²) in [5, 5.41) is 17.3. The molecule has 1 heterocycles. The van der Waals surface area contributed by atoms with E-state index in [1.807, 2.05) is 0 Å². The Morgan fingerprint density at radius 3 is 2.79 bits per heavy atom. The summed E-state index contributed by atoms with van der Waals surface area (Å²) in [6.07, 6.45) is 10.7. The molecule has 1 aliphatic rings. The Hall–Kier alpha value is -1.72. The molecule has 3 rings (SSSR count). The van der Waals surface area contributed by atoms with Gasteiger partial charge < -0.3 is 10.4 Å². The van der Waals surface area contributed by atoms with Crippen LogP contribution in [0.4, 0.5) is 0 Å². The van der Waals surface area contributed by atoms with Gasteiger partial charge in [0.25, 0.3) is 0 Å². The predicted octanol–water partition coefficient (Wildman–Crippen LogP) is 3.00. The average Bonchev–Trinajstić information content (AvgIpc) is 3.14. The molecule has 0 saturated heterocycles. The second-order valence-corrected chi connectivity index (χ2v) is 6.86. The Bertz CT molecular complexity index is 620. The van der Waals surface area contributed by atoms with Gasteiger partial charge in [0.15, 0.2) is 0 Å². The second kappa shape index (κ2) is 8.40. The quantitative estimate of drug-likeness (QED) is 0.820. The van der Waals surface area contributed by atoms with Gasteiger partial charge in [-0.25, -0.2) is 9.67 Å². The van der Waals surface area contributed by atoms with Crippen molar-refractivity contribution in [1.82, 2.24) is 20.1 Å². The van der Waals surface area contributed by atoms with Gasteiger partial charge in [-0.05, 0) is 49.3 Å². The van der Waals surface area contributed by atoms with E-state index in [9.17, 15) is 5.11 Å². The lowest BCUT2D eigenvalue weighted by atomic mass is 9.82. The highest BCUT2D eigenvalue weighted by molar-refractivity contribution is 5.41. The summed E-state index contributed by atoms with van der Waals surface area (Å²) in [4.78, 5) is 4.01. The molecule has 0 bridgehead atoms. The number of hydrogen-bond donors (Lipinski definition) is 2. The zero-order chi connectivity index (χ0) is 16.8. The molecule has 2 N–H and O–H groups in total. The Morgan fingerprint density at radius 2 is 2.12 bits per heavy atom. The minimum absolute atomic E-state index is 0.262. The Balaban J connectivity index is 1.63. The van der Waals surface area contributed by atoms with Gasteiger partial charge in [-0.15, -0.1) is 0 Å². The number of aliphatic hydroxyl groups is 1. The molecule has 5 nitrogen and oxygen atoms in total. The van der Waals surface area contributed by atoms with Crippen LogP contribution in [0.5, 0.6) is 0 Å². The molecule has 0 aliphatic heterocycles. The first-order valence-electron chi connectivity index (χ1n) is 9.06. The van der Waals surface area contributed by atoms with Crippen LogP contribution < -0.4 is 5.32 Å². The van der Waals surface area contributed by atoms with E-state index >= 15 is 0 Å². The van der Waals surface area contributed by atoms with Crippen LogP contribution in [0.2, 0.25) is 0 Å². The first-order chi connectivity index (χ1) is 11.8. The van der Waals surface area contributed by atoms with E-state index in [0.717, 1.165) is 18.7 Å². The highest BCUT2D eigenvalue weighted by Gasteiger charge is 2.22. The van der Waals surface area contributed by atoms with Crippen molar-refractivity contribution >= 4 is 0 Å². The average molecular weight is 328 g/mol. The smallest absolute Gasteiger partial charge is 0.138 e. The molecule has 5 heteroatoms. The van der Waals surface area contributed by atoms with Gasteiger partial charge in [-0.2, -0.15) is 5.10 Å². The van der Waals surface area contributed by atoms with Gasteiger partial charge >= 0.3 is 0 Å². The first-order valence-corrected chi connectivity index (χ1v) is 9.06. The van der Waals surface area contributed by atoms with E-state index in [2.05, 4.69) is 40.5 Å². The molecular weight excluding hydrogens is 300 g/mol. The second-order valence-electron chi connectivity index (χ2n) is 6.86. The van der Waals surface area contributed by atoms with Crippen molar-refractivity contribution in [2.75, 3.05) is 6.61 Å². The standard InChI is InChI=1S/C19H28N4O/c1-15-11-16(7-8-19(15)23-14-20-13-22-23)12-21-18(9-10-24)17-5-3-2-4-6-17/h7-8,11,13-14,17-18,21,24H,2-6,9-10,12H2,1H3. The fourth-order valence-corrected chi connectivity index (χ4v) is 3.85. The number of aromatic nitrogens is 3. The van der Waals surface area contributed by atoms with Crippen molar-refractivity contribution in [3.63, 3.8) is 0 Å². The summed E-state index contributed by atoms with van der Waals surface area (Å²) in [6.45, 7) is 3.21. The third-order valence-electron chi connectivity index (χ3n) is 5.15. The molecule has 0 spiro atoms. The minimum Gasteiger partial charge on any atom is -0.396 e. The normalized spacial score (nSPS) is 17.1. The van der Waals surface area contributed by atoms with E-state index in [-0.39, 0.29) is 6.61 Å². The zero-order valence-corrected chi connectivity index (χ0v) is 14.5. The topological polar surface area (TPSA) is 63.0 Å². The summed E-state index contributed by atoms with van der Waals surface area (Å²) < 4.78 is 1.79. The largest absolute Gasteiger partial charge is 0.396 e. The van der Waals surface area contributed by atoms with Gasteiger partial charge in [0, 0.05) is 19.2 Å². The summed E-state index contributed by atoms with van der Waals surface area (Å²) in [6, 6.07) is 6.88. The van der Waals surface area contributed by atoms with Crippen LogP contribution in [0.3, 0.4) is 0 Å².